The highest BCUT2D eigenvalue weighted by atomic mass is 16.7. The smallest absolute Gasteiger partial charge is 0.252 e. The number of ketones is 2. The van der Waals surface area contributed by atoms with Crippen molar-refractivity contribution in [2.45, 2.75) is 84.8 Å². The maximum Gasteiger partial charge on any atom is 0.252 e. The molecule has 0 saturated carbocycles. The number of ether oxygens (including phenoxy) is 2. The van der Waals surface area contributed by atoms with Crippen LogP contribution in [0.4, 0.5) is 0 Å². The average Bonchev–Trinajstić information content (AvgIpc) is 2.61. The molecule has 0 saturated heterocycles. The molecule has 4 nitrogen and oxygen atoms in total. The molecule has 2 heterocycles. The standard InChI is InChI=1S/C27H32O4/c1-15-9-21-23(11-19(15)17(3)28)30-27(13-25(21,5)6)14-26(7,8)22-10-16(2)20(18(4)29)12-24(22)31-27/h9-12H,13-14H2,1-8H3. The summed E-state index contributed by atoms with van der Waals surface area (Å²) in [5, 5.41) is 0. The molecule has 2 aromatic carbocycles. The van der Waals surface area contributed by atoms with Crippen molar-refractivity contribution in [2.75, 3.05) is 0 Å². The fourth-order valence-electron chi connectivity index (χ4n) is 5.53. The van der Waals surface area contributed by atoms with Gasteiger partial charge in [0.05, 0.1) is 0 Å². The molecule has 0 aromatic heterocycles. The van der Waals surface area contributed by atoms with Gasteiger partial charge in [0.1, 0.15) is 11.5 Å². The second kappa shape index (κ2) is 6.69. The first kappa shape index (κ1) is 21.6. The van der Waals surface area contributed by atoms with Crippen molar-refractivity contribution in [2.24, 2.45) is 0 Å². The van der Waals surface area contributed by atoms with Crippen LogP contribution in [0.1, 0.15) is 97.4 Å². The maximum absolute atomic E-state index is 12.2. The van der Waals surface area contributed by atoms with Crippen LogP contribution in [-0.4, -0.2) is 17.4 Å². The molecule has 1 spiro atoms. The van der Waals surface area contributed by atoms with Crippen LogP contribution >= 0.6 is 0 Å². The summed E-state index contributed by atoms with van der Waals surface area (Å²) in [5.74, 6) is 0.617. The van der Waals surface area contributed by atoms with Gasteiger partial charge in [-0.05, 0) is 51.0 Å². The lowest BCUT2D eigenvalue weighted by atomic mass is 9.68. The van der Waals surface area contributed by atoms with Gasteiger partial charge in [0.15, 0.2) is 11.6 Å². The monoisotopic (exact) mass is 420 g/mol. The molecule has 0 unspecified atom stereocenters. The highest BCUT2D eigenvalue weighted by Gasteiger charge is 2.53. The number of rotatable bonds is 2. The second-order valence-corrected chi connectivity index (χ2v) is 10.7. The summed E-state index contributed by atoms with van der Waals surface area (Å²) in [7, 11) is 0. The van der Waals surface area contributed by atoms with Crippen molar-refractivity contribution in [3.8, 4) is 11.5 Å². The summed E-state index contributed by atoms with van der Waals surface area (Å²) in [6.07, 6.45) is 1.36. The van der Waals surface area contributed by atoms with E-state index in [1.165, 1.54) is 0 Å². The summed E-state index contributed by atoms with van der Waals surface area (Å²) < 4.78 is 13.2. The molecular weight excluding hydrogens is 388 g/mol. The van der Waals surface area contributed by atoms with Crippen molar-refractivity contribution < 1.29 is 19.1 Å². The van der Waals surface area contributed by atoms with Gasteiger partial charge in [-0.2, -0.15) is 0 Å². The molecule has 0 amide bonds. The molecule has 0 atom stereocenters. The van der Waals surface area contributed by atoms with Crippen molar-refractivity contribution in [1.82, 2.24) is 0 Å². The predicted molar refractivity (Wildman–Crippen MR) is 122 cm³/mol. The van der Waals surface area contributed by atoms with E-state index >= 15 is 0 Å². The summed E-state index contributed by atoms with van der Waals surface area (Å²) in [5.41, 5.74) is 5.09. The molecular formula is C27H32O4. The van der Waals surface area contributed by atoms with Crippen molar-refractivity contribution in [1.29, 1.82) is 0 Å². The van der Waals surface area contributed by atoms with Crippen molar-refractivity contribution in [3.05, 3.63) is 57.6 Å². The molecule has 0 radical (unpaired) electrons. The molecule has 4 rings (SSSR count). The van der Waals surface area contributed by atoms with Crippen LogP contribution in [0.15, 0.2) is 24.3 Å². The number of carbonyl (C=O) groups is 2. The SMILES string of the molecule is CC(=O)c1cc2c(cc1C)C(C)(C)CC1(CC(C)(C)c3cc(C)c(C(C)=O)cc3O1)O2. The number of fused-ring (bicyclic) bond motifs is 2. The Labute approximate surface area is 185 Å². The lowest BCUT2D eigenvalue weighted by molar-refractivity contribution is -0.166. The Hall–Kier alpha value is -2.62. The molecule has 0 fully saturated rings. The van der Waals surface area contributed by atoms with Gasteiger partial charge in [0, 0.05) is 45.9 Å². The zero-order valence-electron chi connectivity index (χ0n) is 19.9. The Morgan fingerprint density at radius 1 is 0.710 bits per heavy atom. The Balaban J connectivity index is 1.86. The topological polar surface area (TPSA) is 52.6 Å². The number of aryl methyl sites for hydroxylation is 2. The minimum absolute atomic E-state index is 0.0261. The van der Waals surface area contributed by atoms with Gasteiger partial charge < -0.3 is 9.47 Å². The van der Waals surface area contributed by atoms with Crippen molar-refractivity contribution in [3.63, 3.8) is 0 Å². The Kier molecular flexibility index (Phi) is 4.66. The summed E-state index contributed by atoms with van der Waals surface area (Å²) >= 11 is 0. The minimum Gasteiger partial charge on any atom is -0.452 e. The molecule has 2 aliphatic rings. The Bertz CT molecular complexity index is 1030. The zero-order chi connectivity index (χ0) is 22.9. The summed E-state index contributed by atoms with van der Waals surface area (Å²) in [4.78, 5) is 24.3. The van der Waals surface area contributed by atoms with Crippen molar-refractivity contribution >= 4 is 11.6 Å². The van der Waals surface area contributed by atoms with Gasteiger partial charge in [-0.25, -0.2) is 0 Å². The van der Waals surface area contributed by atoms with Crippen LogP contribution in [0, 0.1) is 13.8 Å². The number of benzene rings is 2. The van der Waals surface area contributed by atoms with Gasteiger partial charge in [0.2, 0.25) is 0 Å². The Morgan fingerprint density at radius 2 is 1.06 bits per heavy atom. The van der Waals surface area contributed by atoms with Crippen LogP contribution in [0.3, 0.4) is 0 Å². The van der Waals surface area contributed by atoms with Gasteiger partial charge in [-0.15, -0.1) is 0 Å². The van der Waals surface area contributed by atoms with Gasteiger partial charge in [0.25, 0.3) is 5.79 Å². The first-order chi connectivity index (χ1) is 14.2. The van der Waals surface area contributed by atoms with Crippen LogP contribution in [-0.2, 0) is 10.8 Å². The first-order valence-corrected chi connectivity index (χ1v) is 10.9. The van der Waals surface area contributed by atoms with Crippen LogP contribution in [0.25, 0.3) is 0 Å². The van der Waals surface area contributed by atoms with Gasteiger partial charge in [-0.1, -0.05) is 39.8 Å². The van der Waals surface area contributed by atoms with E-state index in [1.54, 1.807) is 13.8 Å². The highest BCUT2D eigenvalue weighted by molar-refractivity contribution is 5.96. The van der Waals surface area contributed by atoms with Gasteiger partial charge in [-0.3, -0.25) is 9.59 Å². The van der Waals surface area contributed by atoms with Gasteiger partial charge >= 0.3 is 0 Å². The number of hydrogen-bond donors (Lipinski definition) is 0. The lowest BCUT2D eigenvalue weighted by Gasteiger charge is -2.51. The molecule has 0 N–H and O–H groups in total. The quantitative estimate of drug-likeness (QED) is 0.541. The number of hydrogen-bond acceptors (Lipinski definition) is 4. The normalized spacial score (nSPS) is 19.6. The second-order valence-electron chi connectivity index (χ2n) is 10.7. The molecule has 2 aromatic rings. The molecule has 0 aliphatic carbocycles. The molecule has 31 heavy (non-hydrogen) atoms. The third kappa shape index (κ3) is 3.46. The van der Waals surface area contributed by atoms with E-state index in [0.717, 1.165) is 22.3 Å². The van der Waals surface area contributed by atoms with E-state index in [4.69, 9.17) is 9.47 Å². The number of carbonyl (C=O) groups excluding carboxylic acids is 2. The summed E-state index contributed by atoms with van der Waals surface area (Å²) in [6, 6.07) is 7.91. The summed E-state index contributed by atoms with van der Waals surface area (Å²) in [6.45, 7) is 15.9. The predicted octanol–water partition coefficient (Wildman–Crippen LogP) is 6.23. The molecule has 4 heteroatoms. The minimum atomic E-state index is -0.861. The molecule has 0 bridgehead atoms. The lowest BCUT2D eigenvalue weighted by Crippen LogP contribution is -2.55. The third-order valence-electron chi connectivity index (χ3n) is 6.88. The van der Waals surface area contributed by atoms with Crippen LogP contribution < -0.4 is 9.47 Å². The van der Waals surface area contributed by atoms with Crippen LogP contribution in [0.5, 0.6) is 11.5 Å². The average molecular weight is 421 g/mol. The van der Waals surface area contributed by atoms with E-state index < -0.39 is 5.79 Å². The first-order valence-electron chi connectivity index (χ1n) is 10.9. The third-order valence-corrected chi connectivity index (χ3v) is 6.88. The highest BCUT2D eigenvalue weighted by Crippen LogP contribution is 2.54. The van der Waals surface area contributed by atoms with E-state index in [1.807, 2.05) is 26.0 Å². The Morgan fingerprint density at radius 3 is 1.39 bits per heavy atom. The van der Waals surface area contributed by atoms with E-state index in [9.17, 15) is 9.59 Å². The van der Waals surface area contributed by atoms with E-state index in [2.05, 4.69) is 39.8 Å². The molecule has 164 valence electrons. The van der Waals surface area contributed by atoms with E-state index in [0.29, 0.717) is 35.5 Å². The van der Waals surface area contributed by atoms with E-state index in [-0.39, 0.29) is 22.4 Å². The number of Topliss-reactive ketones (excluding diaryl/α,β-unsaturated/α-hetero) is 2. The zero-order valence-corrected chi connectivity index (χ0v) is 19.9. The largest absolute Gasteiger partial charge is 0.452 e. The fraction of sp³-hybridized carbons (Fsp3) is 0.481. The maximum atomic E-state index is 12.2. The fourth-order valence-corrected chi connectivity index (χ4v) is 5.53. The van der Waals surface area contributed by atoms with Crippen LogP contribution in [0.2, 0.25) is 0 Å². The molecule has 2 aliphatic heterocycles.